The summed E-state index contributed by atoms with van der Waals surface area (Å²) >= 11 is 0. The van der Waals surface area contributed by atoms with Crippen molar-refractivity contribution in [3.63, 3.8) is 0 Å². The average Bonchev–Trinajstić information content (AvgIpc) is 3.01. The second-order valence-electron chi connectivity index (χ2n) is 5.59. The van der Waals surface area contributed by atoms with E-state index in [1.165, 1.54) is 0 Å². The van der Waals surface area contributed by atoms with E-state index in [-0.39, 0.29) is 11.7 Å². The third-order valence-corrected chi connectivity index (χ3v) is 4.14. The number of hydrogen-bond donors (Lipinski definition) is 0. The molecule has 0 N–H and O–H groups in total. The van der Waals surface area contributed by atoms with Crippen LogP contribution in [0, 0.1) is 0 Å². The van der Waals surface area contributed by atoms with Crippen molar-refractivity contribution in [2.24, 2.45) is 0 Å². The summed E-state index contributed by atoms with van der Waals surface area (Å²) in [5, 5.41) is 0. The Labute approximate surface area is 113 Å². The van der Waals surface area contributed by atoms with Crippen molar-refractivity contribution in [1.29, 1.82) is 0 Å². The smallest absolute Gasteiger partial charge is 0.242 e. The molecule has 0 radical (unpaired) electrons. The molecule has 4 nitrogen and oxygen atoms in total. The minimum atomic E-state index is 0.176. The molecule has 0 unspecified atom stereocenters. The molecule has 1 aromatic rings. The molecular weight excluding hydrogens is 240 g/mol. The molecule has 19 heavy (non-hydrogen) atoms. The van der Waals surface area contributed by atoms with Crippen LogP contribution in [-0.2, 0) is 17.8 Å². The fraction of sp³-hybridized carbons (Fsp3) is 0.600. The molecule has 2 aliphatic rings. The summed E-state index contributed by atoms with van der Waals surface area (Å²) in [6.07, 6.45) is 9.77. The number of hydrogen-bond acceptors (Lipinski definition) is 2. The molecule has 2 heterocycles. The lowest BCUT2D eigenvalue weighted by molar-refractivity contribution is -0.130. The summed E-state index contributed by atoms with van der Waals surface area (Å²) in [6, 6.07) is 0. The lowest BCUT2D eigenvalue weighted by atomic mass is 10.1. The molecule has 1 fully saturated rings. The number of amides is 1. The number of Topliss-reactive ketones (excluding diaryl/α,β-unsaturated/α-hetero) is 1. The highest BCUT2D eigenvalue weighted by molar-refractivity contribution is 5.97. The van der Waals surface area contributed by atoms with Crippen LogP contribution in [0.5, 0.6) is 0 Å². The Hall–Kier alpha value is -1.58. The minimum absolute atomic E-state index is 0.176. The number of aryl methyl sites for hydroxylation is 1. The molecular formula is C15H20N2O2. The van der Waals surface area contributed by atoms with Crippen LogP contribution in [0.2, 0.25) is 0 Å². The maximum Gasteiger partial charge on any atom is 0.242 e. The van der Waals surface area contributed by atoms with E-state index in [1.54, 1.807) is 0 Å². The molecule has 1 saturated heterocycles. The lowest BCUT2D eigenvalue weighted by Crippen LogP contribution is -2.30. The van der Waals surface area contributed by atoms with E-state index in [0.29, 0.717) is 13.0 Å². The highest BCUT2D eigenvalue weighted by Gasteiger charge is 2.21. The standard InChI is InChI=1S/C15H20N2O2/c18-14-6-2-1-5-12-9-16(10-13(12)14)11-15(19)17-7-3-4-8-17/h9-10H,1-8,11H2. The largest absolute Gasteiger partial charge is 0.344 e. The number of ketones is 1. The van der Waals surface area contributed by atoms with Crippen LogP contribution in [0.1, 0.15) is 48.0 Å². The molecule has 0 bridgehead atoms. The number of carbonyl (C=O) groups excluding carboxylic acids is 2. The Bertz CT molecular complexity index is 498. The Balaban J connectivity index is 1.73. The lowest BCUT2D eigenvalue weighted by Gasteiger charge is -2.15. The van der Waals surface area contributed by atoms with E-state index >= 15 is 0 Å². The number of aromatic nitrogens is 1. The second-order valence-corrected chi connectivity index (χ2v) is 5.59. The van der Waals surface area contributed by atoms with Gasteiger partial charge in [-0.05, 0) is 37.7 Å². The third-order valence-electron chi connectivity index (χ3n) is 4.14. The van der Waals surface area contributed by atoms with Crippen LogP contribution in [0.15, 0.2) is 12.4 Å². The zero-order valence-electron chi connectivity index (χ0n) is 11.2. The average molecular weight is 260 g/mol. The molecule has 1 aliphatic carbocycles. The summed E-state index contributed by atoms with van der Waals surface area (Å²) in [5.41, 5.74) is 1.96. The Morgan fingerprint density at radius 1 is 1.05 bits per heavy atom. The van der Waals surface area contributed by atoms with Gasteiger partial charge in [0.25, 0.3) is 0 Å². The number of carbonyl (C=O) groups is 2. The number of likely N-dealkylation sites (tertiary alicyclic amines) is 1. The maximum absolute atomic E-state index is 12.1. The van der Waals surface area contributed by atoms with Gasteiger partial charge in [-0.25, -0.2) is 0 Å². The van der Waals surface area contributed by atoms with Crippen molar-refractivity contribution in [2.45, 2.75) is 45.1 Å². The summed E-state index contributed by atoms with van der Waals surface area (Å²) in [6.45, 7) is 2.15. The maximum atomic E-state index is 12.1. The normalized spacial score (nSPS) is 19.4. The van der Waals surface area contributed by atoms with Crippen LogP contribution in [-0.4, -0.2) is 34.2 Å². The predicted molar refractivity (Wildman–Crippen MR) is 72.1 cm³/mol. The first-order valence-corrected chi connectivity index (χ1v) is 7.23. The van der Waals surface area contributed by atoms with Crippen molar-refractivity contribution in [3.05, 3.63) is 23.5 Å². The van der Waals surface area contributed by atoms with E-state index in [2.05, 4.69) is 0 Å². The van der Waals surface area contributed by atoms with Crippen molar-refractivity contribution in [1.82, 2.24) is 9.47 Å². The third kappa shape index (κ3) is 2.57. The predicted octanol–water partition coefficient (Wildman–Crippen LogP) is 2.02. The van der Waals surface area contributed by atoms with Gasteiger partial charge in [0.05, 0.1) is 0 Å². The van der Waals surface area contributed by atoms with E-state index < -0.39 is 0 Å². The monoisotopic (exact) mass is 260 g/mol. The first-order valence-electron chi connectivity index (χ1n) is 7.23. The summed E-state index contributed by atoms with van der Waals surface area (Å²) < 4.78 is 1.90. The fourth-order valence-corrected chi connectivity index (χ4v) is 3.06. The van der Waals surface area contributed by atoms with E-state index in [9.17, 15) is 9.59 Å². The fourth-order valence-electron chi connectivity index (χ4n) is 3.06. The van der Waals surface area contributed by atoms with E-state index in [4.69, 9.17) is 0 Å². The molecule has 1 aliphatic heterocycles. The summed E-state index contributed by atoms with van der Waals surface area (Å²) in [5.74, 6) is 0.412. The van der Waals surface area contributed by atoms with Crippen molar-refractivity contribution in [3.8, 4) is 0 Å². The Morgan fingerprint density at radius 2 is 1.79 bits per heavy atom. The molecule has 3 rings (SSSR count). The Kier molecular flexibility index (Phi) is 3.40. The van der Waals surface area contributed by atoms with E-state index in [1.807, 2.05) is 21.9 Å². The molecule has 4 heteroatoms. The highest BCUT2D eigenvalue weighted by Crippen LogP contribution is 2.21. The zero-order chi connectivity index (χ0) is 13.2. The molecule has 1 amide bonds. The first-order chi connectivity index (χ1) is 9.24. The topological polar surface area (TPSA) is 42.3 Å². The molecule has 0 atom stereocenters. The SMILES string of the molecule is O=C1CCCCc2cn(CC(=O)N3CCCC3)cc21. The minimum Gasteiger partial charge on any atom is -0.344 e. The Morgan fingerprint density at radius 3 is 2.58 bits per heavy atom. The van der Waals surface area contributed by atoms with Gasteiger partial charge in [-0.2, -0.15) is 0 Å². The second kappa shape index (κ2) is 5.19. The molecule has 0 spiro atoms. The summed E-state index contributed by atoms with van der Waals surface area (Å²) in [4.78, 5) is 26.0. The van der Waals surface area contributed by atoms with E-state index in [0.717, 1.165) is 56.3 Å². The van der Waals surface area contributed by atoms with Crippen LogP contribution in [0.25, 0.3) is 0 Å². The van der Waals surface area contributed by atoms with Gasteiger partial charge >= 0.3 is 0 Å². The van der Waals surface area contributed by atoms with Crippen molar-refractivity contribution >= 4 is 11.7 Å². The molecule has 102 valence electrons. The van der Waals surface area contributed by atoms with Crippen molar-refractivity contribution in [2.75, 3.05) is 13.1 Å². The number of rotatable bonds is 2. The van der Waals surface area contributed by atoms with Crippen LogP contribution in [0.3, 0.4) is 0 Å². The molecule has 0 aromatic carbocycles. The van der Waals surface area contributed by atoms with Crippen molar-refractivity contribution < 1.29 is 9.59 Å². The van der Waals surface area contributed by atoms with Gasteiger partial charge in [-0.1, -0.05) is 0 Å². The van der Waals surface area contributed by atoms with Crippen LogP contribution < -0.4 is 0 Å². The first kappa shape index (κ1) is 12.5. The highest BCUT2D eigenvalue weighted by atomic mass is 16.2. The quantitative estimate of drug-likeness (QED) is 0.763. The zero-order valence-corrected chi connectivity index (χ0v) is 11.2. The van der Waals surface area contributed by atoms with Crippen LogP contribution in [0.4, 0.5) is 0 Å². The van der Waals surface area contributed by atoms with Gasteiger partial charge in [0, 0.05) is 37.5 Å². The molecule has 1 aromatic heterocycles. The number of nitrogens with zero attached hydrogens (tertiary/aromatic N) is 2. The van der Waals surface area contributed by atoms with Gasteiger partial charge in [-0.15, -0.1) is 0 Å². The number of fused-ring (bicyclic) bond motifs is 1. The van der Waals surface area contributed by atoms with Gasteiger partial charge in [0.15, 0.2) is 5.78 Å². The van der Waals surface area contributed by atoms with Crippen LogP contribution >= 0.6 is 0 Å². The van der Waals surface area contributed by atoms with Gasteiger partial charge < -0.3 is 9.47 Å². The van der Waals surface area contributed by atoms with Gasteiger partial charge in [-0.3, -0.25) is 9.59 Å². The molecule has 0 saturated carbocycles. The van der Waals surface area contributed by atoms with Gasteiger partial charge in [0.1, 0.15) is 6.54 Å². The van der Waals surface area contributed by atoms with Gasteiger partial charge in [0.2, 0.25) is 5.91 Å². The summed E-state index contributed by atoms with van der Waals surface area (Å²) in [7, 11) is 0.